The first kappa shape index (κ1) is 16.2. The van der Waals surface area contributed by atoms with E-state index in [0.29, 0.717) is 28.3 Å². The van der Waals surface area contributed by atoms with Crippen LogP contribution in [0.1, 0.15) is 0 Å². The molecule has 0 N–H and O–H groups in total. The zero-order valence-corrected chi connectivity index (χ0v) is 13.9. The molecule has 0 heterocycles. The number of rotatable bonds is 6. The van der Waals surface area contributed by atoms with E-state index in [0.717, 1.165) is 0 Å². The highest BCUT2D eigenvalue weighted by molar-refractivity contribution is 7.66. The average molecular weight is 322 g/mol. The first-order valence-corrected chi connectivity index (χ1v) is 8.71. The van der Waals surface area contributed by atoms with Gasteiger partial charge in [-0.3, -0.25) is 4.57 Å². The molecule has 1 unspecified atom stereocenters. The molecule has 0 saturated carbocycles. The maximum absolute atomic E-state index is 13.0. The highest BCUT2D eigenvalue weighted by Crippen LogP contribution is 2.45. The first-order valence-electron chi connectivity index (χ1n) is 6.64. The molecule has 2 aromatic rings. The third-order valence-corrected chi connectivity index (χ3v) is 4.95. The van der Waals surface area contributed by atoms with Gasteiger partial charge in [0.25, 0.3) is 7.37 Å². The largest absolute Gasteiger partial charge is 0.497 e. The molecule has 6 heteroatoms. The van der Waals surface area contributed by atoms with Gasteiger partial charge in [-0.15, -0.1) is 0 Å². The van der Waals surface area contributed by atoms with Crippen molar-refractivity contribution in [1.29, 1.82) is 0 Å². The van der Waals surface area contributed by atoms with E-state index in [1.807, 2.05) is 0 Å². The Balaban J connectivity index is 2.34. The van der Waals surface area contributed by atoms with E-state index < -0.39 is 7.37 Å². The molecule has 0 radical (unpaired) electrons. The van der Waals surface area contributed by atoms with E-state index in [2.05, 4.69) is 0 Å². The molecule has 0 aliphatic rings. The molecule has 118 valence electrons. The average Bonchev–Trinajstić information content (AvgIpc) is 2.54. The van der Waals surface area contributed by atoms with Crippen molar-refractivity contribution in [2.45, 2.75) is 0 Å². The lowest BCUT2D eigenvalue weighted by molar-refractivity contribution is 0.404. The SMILES string of the molecule is COc1ccc(OP(C)(=O)c2cc(OC)ccc2OC)cc1. The van der Waals surface area contributed by atoms with Crippen LogP contribution in [-0.4, -0.2) is 28.0 Å². The standard InChI is InChI=1S/C16H19O5P/c1-18-12-5-7-13(8-6-12)21-22(4,17)16-11-14(19-2)9-10-15(16)20-3/h5-11H,1-4H3. The first-order chi connectivity index (χ1) is 10.5. The molecular formula is C16H19O5P. The van der Waals surface area contributed by atoms with Gasteiger partial charge in [0.15, 0.2) is 0 Å². The van der Waals surface area contributed by atoms with Gasteiger partial charge in [0, 0.05) is 6.66 Å². The van der Waals surface area contributed by atoms with Gasteiger partial charge in [0.1, 0.15) is 23.0 Å². The van der Waals surface area contributed by atoms with Crippen molar-refractivity contribution in [1.82, 2.24) is 0 Å². The summed E-state index contributed by atoms with van der Waals surface area (Å²) in [7, 11) is 1.53. The molecule has 0 aromatic heterocycles. The Bertz CT molecular complexity index is 681. The number of methoxy groups -OCH3 is 3. The lowest BCUT2D eigenvalue weighted by Crippen LogP contribution is -2.12. The van der Waals surface area contributed by atoms with Crippen LogP contribution in [0, 0.1) is 0 Å². The van der Waals surface area contributed by atoms with E-state index in [9.17, 15) is 4.57 Å². The van der Waals surface area contributed by atoms with E-state index in [4.69, 9.17) is 18.7 Å². The van der Waals surface area contributed by atoms with Crippen LogP contribution in [0.15, 0.2) is 42.5 Å². The van der Waals surface area contributed by atoms with Gasteiger partial charge in [-0.25, -0.2) is 0 Å². The summed E-state index contributed by atoms with van der Waals surface area (Å²) in [5, 5.41) is 0.477. The minimum Gasteiger partial charge on any atom is -0.497 e. The predicted octanol–water partition coefficient (Wildman–Crippen LogP) is 3.32. The van der Waals surface area contributed by atoms with Crippen molar-refractivity contribution >= 4 is 12.7 Å². The molecule has 0 fully saturated rings. The van der Waals surface area contributed by atoms with Crippen molar-refractivity contribution in [2.75, 3.05) is 28.0 Å². The number of hydrogen-bond donors (Lipinski definition) is 0. The van der Waals surface area contributed by atoms with Crippen LogP contribution in [0.4, 0.5) is 0 Å². The van der Waals surface area contributed by atoms with Gasteiger partial charge in [-0.05, 0) is 42.5 Å². The molecule has 0 bridgehead atoms. The summed E-state index contributed by atoms with van der Waals surface area (Å²) in [5.74, 6) is 2.30. The molecular weight excluding hydrogens is 303 g/mol. The minimum atomic E-state index is -3.13. The van der Waals surface area contributed by atoms with Crippen LogP contribution in [0.3, 0.4) is 0 Å². The quantitative estimate of drug-likeness (QED) is 0.764. The summed E-state index contributed by atoms with van der Waals surface area (Å²) in [5.41, 5.74) is 0. The van der Waals surface area contributed by atoms with Gasteiger partial charge in [0.2, 0.25) is 0 Å². The van der Waals surface area contributed by atoms with Crippen LogP contribution in [0.25, 0.3) is 0 Å². The fourth-order valence-electron chi connectivity index (χ4n) is 2.00. The Hall–Kier alpha value is -2.13. The predicted molar refractivity (Wildman–Crippen MR) is 86.3 cm³/mol. The van der Waals surface area contributed by atoms with Crippen LogP contribution >= 0.6 is 7.37 Å². The Kier molecular flexibility index (Phi) is 4.99. The summed E-state index contributed by atoms with van der Waals surface area (Å²) < 4.78 is 34.2. The van der Waals surface area contributed by atoms with Crippen molar-refractivity contribution in [3.63, 3.8) is 0 Å². The molecule has 2 aromatic carbocycles. The van der Waals surface area contributed by atoms with Crippen LogP contribution in [-0.2, 0) is 4.57 Å². The number of benzene rings is 2. The monoisotopic (exact) mass is 322 g/mol. The zero-order valence-electron chi connectivity index (χ0n) is 13.0. The van der Waals surface area contributed by atoms with Crippen molar-refractivity contribution in [3.8, 4) is 23.0 Å². The summed E-state index contributed by atoms with van der Waals surface area (Å²) in [4.78, 5) is 0. The molecule has 0 saturated heterocycles. The number of ether oxygens (including phenoxy) is 3. The van der Waals surface area contributed by atoms with Crippen molar-refractivity contribution in [3.05, 3.63) is 42.5 Å². The molecule has 2 rings (SSSR count). The Labute approximate surface area is 130 Å². The third-order valence-electron chi connectivity index (χ3n) is 3.16. The summed E-state index contributed by atoms with van der Waals surface area (Å²) in [6, 6.07) is 12.0. The van der Waals surface area contributed by atoms with Crippen LogP contribution in [0.2, 0.25) is 0 Å². The minimum absolute atomic E-state index is 0.477. The third kappa shape index (κ3) is 3.55. The fraction of sp³-hybridized carbons (Fsp3) is 0.250. The Morgan fingerprint density at radius 1 is 0.773 bits per heavy atom. The van der Waals surface area contributed by atoms with Gasteiger partial charge >= 0.3 is 0 Å². The van der Waals surface area contributed by atoms with Gasteiger partial charge < -0.3 is 18.7 Å². The molecule has 0 aliphatic heterocycles. The topological polar surface area (TPSA) is 54.0 Å². The fourth-order valence-corrected chi connectivity index (χ4v) is 3.55. The van der Waals surface area contributed by atoms with Crippen LogP contribution < -0.4 is 24.0 Å². The second-order valence-electron chi connectivity index (χ2n) is 4.65. The highest BCUT2D eigenvalue weighted by atomic mass is 31.2. The zero-order chi connectivity index (χ0) is 16.2. The summed E-state index contributed by atoms with van der Waals surface area (Å²) >= 11 is 0. The molecule has 0 amide bonds. The summed E-state index contributed by atoms with van der Waals surface area (Å²) in [6.45, 7) is 1.55. The van der Waals surface area contributed by atoms with E-state index in [-0.39, 0.29) is 0 Å². The lowest BCUT2D eigenvalue weighted by atomic mass is 10.3. The highest BCUT2D eigenvalue weighted by Gasteiger charge is 2.26. The maximum atomic E-state index is 13.0. The van der Waals surface area contributed by atoms with Gasteiger partial charge in [0.05, 0.1) is 26.6 Å². The van der Waals surface area contributed by atoms with Crippen molar-refractivity contribution in [2.24, 2.45) is 0 Å². The summed E-state index contributed by atoms with van der Waals surface area (Å²) in [6.07, 6.45) is 0. The van der Waals surface area contributed by atoms with E-state index in [1.54, 1.807) is 63.3 Å². The Morgan fingerprint density at radius 2 is 1.32 bits per heavy atom. The van der Waals surface area contributed by atoms with Crippen LogP contribution in [0.5, 0.6) is 23.0 Å². The number of hydrogen-bond acceptors (Lipinski definition) is 5. The molecule has 0 aliphatic carbocycles. The van der Waals surface area contributed by atoms with Gasteiger partial charge in [-0.2, -0.15) is 0 Å². The molecule has 1 atom stereocenters. The second-order valence-corrected chi connectivity index (χ2v) is 7.01. The second kappa shape index (κ2) is 6.75. The normalized spacial score (nSPS) is 13.1. The van der Waals surface area contributed by atoms with Crippen molar-refractivity contribution < 1.29 is 23.3 Å². The lowest BCUT2D eigenvalue weighted by Gasteiger charge is -2.19. The molecule has 5 nitrogen and oxygen atoms in total. The maximum Gasteiger partial charge on any atom is 0.278 e. The Morgan fingerprint density at radius 3 is 1.86 bits per heavy atom. The smallest absolute Gasteiger partial charge is 0.278 e. The van der Waals surface area contributed by atoms with Gasteiger partial charge in [-0.1, -0.05) is 0 Å². The molecule has 22 heavy (non-hydrogen) atoms. The van der Waals surface area contributed by atoms with E-state index in [1.165, 1.54) is 7.11 Å². The van der Waals surface area contributed by atoms with E-state index >= 15 is 0 Å². The molecule has 0 spiro atoms.